The molecule has 0 saturated carbocycles. The third-order valence-corrected chi connectivity index (χ3v) is 5.20. The molecule has 2 aliphatic rings. The van der Waals surface area contributed by atoms with Crippen LogP contribution in [-0.2, 0) is 19.1 Å². The van der Waals surface area contributed by atoms with Gasteiger partial charge in [0.05, 0.1) is 19.8 Å². The van der Waals surface area contributed by atoms with E-state index in [4.69, 9.17) is 18.9 Å². The highest BCUT2D eigenvalue weighted by Gasteiger charge is 2.43. The highest BCUT2D eigenvalue weighted by molar-refractivity contribution is 9.10. The monoisotopic (exact) mass is 423 g/mol. The number of methoxy groups -OCH3 is 2. The van der Waals surface area contributed by atoms with Crippen LogP contribution in [0.2, 0.25) is 0 Å². The third-order valence-electron chi connectivity index (χ3n) is 4.52. The summed E-state index contributed by atoms with van der Waals surface area (Å²) in [6, 6.07) is 3.53. The van der Waals surface area contributed by atoms with Gasteiger partial charge >= 0.3 is 11.9 Å². The molecule has 0 spiro atoms. The smallest absolute Gasteiger partial charge is 0.336 e. The summed E-state index contributed by atoms with van der Waals surface area (Å²) in [5.74, 6) is -1.26. The van der Waals surface area contributed by atoms with E-state index in [1.54, 1.807) is 26.0 Å². The molecule has 2 heterocycles. The maximum absolute atomic E-state index is 12.5. The van der Waals surface area contributed by atoms with Crippen molar-refractivity contribution in [1.82, 2.24) is 0 Å². The van der Waals surface area contributed by atoms with Gasteiger partial charge in [0.2, 0.25) is 6.79 Å². The average molecular weight is 424 g/mol. The van der Waals surface area contributed by atoms with Gasteiger partial charge in [-0.25, -0.2) is 4.79 Å². The van der Waals surface area contributed by atoms with E-state index in [9.17, 15) is 9.59 Å². The maximum Gasteiger partial charge on any atom is 0.336 e. The number of aliphatic imine (C=N–C) groups is 1. The van der Waals surface area contributed by atoms with Crippen molar-refractivity contribution in [3.8, 4) is 11.5 Å². The number of benzene rings is 1. The lowest BCUT2D eigenvalue weighted by atomic mass is 9.75. The van der Waals surface area contributed by atoms with Crippen LogP contribution in [0.15, 0.2) is 32.9 Å². The van der Waals surface area contributed by atoms with Crippen molar-refractivity contribution in [1.29, 1.82) is 0 Å². The van der Waals surface area contributed by atoms with Crippen LogP contribution in [0.1, 0.15) is 25.3 Å². The quantitative estimate of drug-likeness (QED) is 0.694. The normalized spacial score (nSPS) is 21.3. The zero-order chi connectivity index (χ0) is 19.0. The summed E-state index contributed by atoms with van der Waals surface area (Å²) in [5.41, 5.74) is 2.08. The fourth-order valence-corrected chi connectivity index (χ4v) is 3.92. The van der Waals surface area contributed by atoms with Crippen LogP contribution in [-0.4, -0.2) is 38.7 Å². The average Bonchev–Trinajstić information content (AvgIpc) is 3.06. The molecule has 0 radical (unpaired) electrons. The Morgan fingerprint density at radius 2 is 1.81 bits per heavy atom. The molecule has 7 nitrogen and oxygen atoms in total. The highest BCUT2D eigenvalue weighted by Crippen LogP contribution is 2.46. The predicted octanol–water partition coefficient (Wildman–Crippen LogP) is 2.97. The number of carbonyl (C=O) groups is 2. The first-order valence-corrected chi connectivity index (χ1v) is 8.69. The molecule has 26 heavy (non-hydrogen) atoms. The van der Waals surface area contributed by atoms with Gasteiger partial charge < -0.3 is 18.9 Å². The largest absolute Gasteiger partial charge is 0.468 e. The molecular weight excluding hydrogens is 406 g/mol. The number of halogens is 1. The van der Waals surface area contributed by atoms with Crippen LogP contribution in [0.4, 0.5) is 0 Å². The van der Waals surface area contributed by atoms with Crippen molar-refractivity contribution < 1.29 is 28.5 Å². The maximum atomic E-state index is 12.5. The molecule has 0 fully saturated rings. The number of ether oxygens (including phenoxy) is 4. The van der Waals surface area contributed by atoms with Crippen molar-refractivity contribution >= 4 is 33.6 Å². The van der Waals surface area contributed by atoms with Gasteiger partial charge in [-0.3, -0.25) is 9.79 Å². The van der Waals surface area contributed by atoms with Crippen molar-refractivity contribution in [3.05, 3.63) is 33.4 Å². The first-order chi connectivity index (χ1) is 12.4. The van der Waals surface area contributed by atoms with Crippen molar-refractivity contribution in [2.24, 2.45) is 10.9 Å². The van der Waals surface area contributed by atoms with Gasteiger partial charge in [-0.2, -0.15) is 0 Å². The van der Waals surface area contributed by atoms with E-state index >= 15 is 0 Å². The van der Waals surface area contributed by atoms with Crippen molar-refractivity contribution in [2.75, 3.05) is 21.0 Å². The number of nitrogens with zero attached hydrogens (tertiary/aromatic N) is 1. The van der Waals surface area contributed by atoms with Gasteiger partial charge in [0.15, 0.2) is 11.5 Å². The Hall–Kier alpha value is -2.35. The Morgan fingerprint density at radius 3 is 2.42 bits per heavy atom. The number of allylic oxidation sites excluding steroid dienone is 1. The Bertz CT molecular complexity index is 844. The molecular formula is C18H18BrNO6. The van der Waals surface area contributed by atoms with Gasteiger partial charge in [0.1, 0.15) is 5.92 Å². The molecule has 3 rings (SSSR count). The molecule has 2 unspecified atom stereocenters. The SMILES string of the molecule is COC(=O)C1=C(C)N=C(C)C(C(=O)OC)C1c1cc2c(cc1Br)OCO2. The van der Waals surface area contributed by atoms with Gasteiger partial charge in [0.25, 0.3) is 0 Å². The summed E-state index contributed by atoms with van der Waals surface area (Å²) in [6.07, 6.45) is 0. The number of esters is 2. The van der Waals surface area contributed by atoms with E-state index in [1.165, 1.54) is 14.2 Å². The van der Waals surface area contributed by atoms with E-state index in [-0.39, 0.29) is 6.79 Å². The molecule has 8 heteroatoms. The lowest BCUT2D eigenvalue weighted by Gasteiger charge is -2.31. The summed E-state index contributed by atoms with van der Waals surface area (Å²) in [4.78, 5) is 29.4. The van der Waals surface area contributed by atoms with Crippen LogP contribution in [0.5, 0.6) is 11.5 Å². The Balaban J connectivity index is 2.23. The second-order valence-corrected chi connectivity index (χ2v) is 6.80. The number of hydrogen-bond acceptors (Lipinski definition) is 7. The molecule has 1 aromatic carbocycles. The van der Waals surface area contributed by atoms with Crippen LogP contribution >= 0.6 is 15.9 Å². The minimum absolute atomic E-state index is 0.121. The molecule has 1 aromatic rings. The summed E-state index contributed by atoms with van der Waals surface area (Å²) in [5, 5.41) is 0. The first-order valence-electron chi connectivity index (χ1n) is 7.90. The van der Waals surface area contributed by atoms with Gasteiger partial charge in [-0.15, -0.1) is 0 Å². The lowest BCUT2D eigenvalue weighted by molar-refractivity contribution is -0.143. The standard InChI is InChI=1S/C18H18BrNO6/c1-8-14(17(21)23-3)16(15(9(2)20-8)18(22)24-4)10-5-12-13(6-11(10)19)26-7-25-12/h5-6,14,16H,7H2,1-4H3. The van der Waals surface area contributed by atoms with Gasteiger partial charge in [0, 0.05) is 21.8 Å². The van der Waals surface area contributed by atoms with Gasteiger partial charge in [-0.05, 0) is 31.5 Å². The van der Waals surface area contributed by atoms with Crippen LogP contribution in [0.25, 0.3) is 0 Å². The van der Waals surface area contributed by atoms with Crippen molar-refractivity contribution in [3.63, 3.8) is 0 Å². The van der Waals surface area contributed by atoms with E-state index < -0.39 is 23.8 Å². The van der Waals surface area contributed by atoms with Crippen molar-refractivity contribution in [2.45, 2.75) is 19.8 Å². The first kappa shape index (κ1) is 18.4. The predicted molar refractivity (Wildman–Crippen MR) is 96.3 cm³/mol. The molecule has 2 atom stereocenters. The zero-order valence-corrected chi connectivity index (χ0v) is 16.4. The molecule has 0 aromatic heterocycles. The highest BCUT2D eigenvalue weighted by atomic mass is 79.9. The number of hydrogen-bond donors (Lipinski definition) is 0. The van der Waals surface area contributed by atoms with E-state index in [0.717, 1.165) is 0 Å². The van der Waals surface area contributed by atoms with Gasteiger partial charge in [-0.1, -0.05) is 15.9 Å². The Labute approximate surface area is 159 Å². The third kappa shape index (κ3) is 2.98. The summed E-state index contributed by atoms with van der Waals surface area (Å²) in [7, 11) is 2.61. The Kier molecular flexibility index (Phi) is 5.04. The van der Waals surface area contributed by atoms with E-state index in [1.807, 2.05) is 0 Å². The fraction of sp³-hybridized carbons (Fsp3) is 0.389. The molecule has 0 bridgehead atoms. The second kappa shape index (κ2) is 7.11. The zero-order valence-electron chi connectivity index (χ0n) is 14.8. The van der Waals surface area contributed by atoms with Crippen LogP contribution < -0.4 is 9.47 Å². The van der Waals surface area contributed by atoms with Crippen LogP contribution in [0.3, 0.4) is 0 Å². The Morgan fingerprint density at radius 1 is 1.15 bits per heavy atom. The van der Waals surface area contributed by atoms with E-state index in [0.29, 0.717) is 38.5 Å². The van der Waals surface area contributed by atoms with Crippen LogP contribution in [0, 0.1) is 5.92 Å². The second-order valence-electron chi connectivity index (χ2n) is 5.95. The summed E-state index contributed by atoms with van der Waals surface area (Å²) >= 11 is 3.52. The topological polar surface area (TPSA) is 83.4 Å². The summed E-state index contributed by atoms with van der Waals surface area (Å²) < 4.78 is 21.5. The molecule has 2 aliphatic heterocycles. The number of carbonyl (C=O) groups excluding carboxylic acids is 2. The summed E-state index contributed by atoms with van der Waals surface area (Å²) in [6.45, 7) is 3.58. The molecule has 138 valence electrons. The molecule has 0 N–H and O–H groups in total. The fourth-order valence-electron chi connectivity index (χ4n) is 3.35. The lowest BCUT2D eigenvalue weighted by Crippen LogP contribution is -2.36. The molecule has 0 aliphatic carbocycles. The minimum Gasteiger partial charge on any atom is -0.468 e. The minimum atomic E-state index is -0.755. The number of fused-ring (bicyclic) bond motifs is 1. The molecule has 0 amide bonds. The number of rotatable bonds is 3. The van der Waals surface area contributed by atoms with E-state index in [2.05, 4.69) is 20.9 Å². The molecule has 0 saturated heterocycles.